The second kappa shape index (κ2) is 14.2. The molecule has 1 aromatic rings. The second-order valence-corrected chi connectivity index (χ2v) is 7.75. The van der Waals surface area contributed by atoms with Gasteiger partial charge in [-0.15, -0.1) is 24.0 Å². The number of aliphatic imine (C=N–C) groups is 1. The Morgan fingerprint density at radius 3 is 2.48 bits per heavy atom. The molecule has 3 rings (SSSR count). The van der Waals surface area contributed by atoms with Crippen molar-refractivity contribution < 1.29 is 4.74 Å². The van der Waals surface area contributed by atoms with Crippen LogP contribution in [0.1, 0.15) is 31.7 Å². The molecule has 2 aliphatic rings. The van der Waals surface area contributed by atoms with E-state index in [1.807, 2.05) is 0 Å². The van der Waals surface area contributed by atoms with Gasteiger partial charge in [-0.1, -0.05) is 30.3 Å². The van der Waals surface area contributed by atoms with Crippen LogP contribution < -0.4 is 10.6 Å². The molecule has 6 nitrogen and oxygen atoms in total. The lowest BCUT2D eigenvalue weighted by Gasteiger charge is -2.33. The number of likely N-dealkylation sites (tertiary alicyclic amines) is 1. The maximum atomic E-state index is 5.41. The van der Waals surface area contributed by atoms with E-state index in [1.165, 1.54) is 18.4 Å². The van der Waals surface area contributed by atoms with Crippen LogP contribution in [-0.2, 0) is 11.3 Å². The number of nitrogens with zero attached hydrogens (tertiary/aromatic N) is 3. The lowest BCUT2D eigenvalue weighted by atomic mass is 10.0. The van der Waals surface area contributed by atoms with Crippen LogP contribution in [0.5, 0.6) is 0 Å². The molecule has 0 unspecified atom stereocenters. The normalized spacial score (nSPS) is 19.6. The number of halogens is 1. The Balaban J connectivity index is 0.00000300. The van der Waals surface area contributed by atoms with Crippen molar-refractivity contribution in [3.05, 3.63) is 35.9 Å². The van der Waals surface area contributed by atoms with Gasteiger partial charge in [0.15, 0.2) is 5.96 Å². The van der Waals surface area contributed by atoms with E-state index in [9.17, 15) is 0 Å². The standard InChI is InChI=1S/C22H37N5O.HI/c1-2-23-22(24-11-6-12-26-15-17-28-18-16-26)25-21-9-13-27(14-10-21)19-20-7-4-3-5-8-20;/h3-5,7-8,21H,2,6,9-19H2,1H3,(H2,23,24,25);1H. The molecule has 2 N–H and O–H groups in total. The summed E-state index contributed by atoms with van der Waals surface area (Å²) in [5.41, 5.74) is 1.41. The molecule has 1 aromatic carbocycles. The molecule has 0 radical (unpaired) electrons. The first-order chi connectivity index (χ1) is 13.8. The Labute approximate surface area is 193 Å². The van der Waals surface area contributed by atoms with E-state index in [1.54, 1.807) is 0 Å². The smallest absolute Gasteiger partial charge is 0.191 e. The monoisotopic (exact) mass is 515 g/mol. The van der Waals surface area contributed by atoms with Gasteiger partial charge in [-0.05, 0) is 31.7 Å². The molecule has 0 aliphatic carbocycles. The van der Waals surface area contributed by atoms with E-state index in [4.69, 9.17) is 9.73 Å². The fraction of sp³-hybridized carbons (Fsp3) is 0.682. The maximum Gasteiger partial charge on any atom is 0.191 e. The first-order valence-corrected chi connectivity index (χ1v) is 10.9. The number of ether oxygens (including phenoxy) is 1. The summed E-state index contributed by atoms with van der Waals surface area (Å²) in [6.45, 7) is 12.2. The third-order valence-corrected chi connectivity index (χ3v) is 5.53. The summed E-state index contributed by atoms with van der Waals surface area (Å²) >= 11 is 0. The van der Waals surface area contributed by atoms with Crippen LogP contribution in [0.15, 0.2) is 35.3 Å². The van der Waals surface area contributed by atoms with Gasteiger partial charge in [0.05, 0.1) is 13.2 Å². The zero-order valence-electron chi connectivity index (χ0n) is 17.8. The van der Waals surface area contributed by atoms with Crippen molar-refractivity contribution in [2.24, 2.45) is 4.99 Å². The third-order valence-electron chi connectivity index (χ3n) is 5.53. The summed E-state index contributed by atoms with van der Waals surface area (Å²) in [6.07, 6.45) is 3.45. The highest BCUT2D eigenvalue weighted by molar-refractivity contribution is 14.0. The number of benzene rings is 1. The quantitative estimate of drug-likeness (QED) is 0.241. The molecule has 0 spiro atoms. The molecular weight excluding hydrogens is 477 g/mol. The van der Waals surface area contributed by atoms with Crippen LogP contribution in [-0.4, -0.2) is 80.8 Å². The first-order valence-electron chi connectivity index (χ1n) is 10.9. The Kier molecular flexibility index (Phi) is 11.9. The SMILES string of the molecule is CCNC(=NCCCN1CCOCC1)NC1CCN(Cc2ccccc2)CC1.I. The fourth-order valence-electron chi connectivity index (χ4n) is 3.90. The highest BCUT2D eigenvalue weighted by atomic mass is 127. The van der Waals surface area contributed by atoms with Gasteiger partial charge in [0.2, 0.25) is 0 Å². The zero-order valence-corrected chi connectivity index (χ0v) is 20.1. The molecular formula is C22H38IN5O. The van der Waals surface area contributed by atoms with Gasteiger partial charge in [-0.2, -0.15) is 0 Å². The van der Waals surface area contributed by atoms with E-state index in [0.717, 1.165) is 78.0 Å². The summed E-state index contributed by atoms with van der Waals surface area (Å²) in [5, 5.41) is 7.07. The van der Waals surface area contributed by atoms with Crippen molar-refractivity contribution in [3.8, 4) is 0 Å². The Bertz CT molecular complexity index is 572. The molecule has 29 heavy (non-hydrogen) atoms. The van der Waals surface area contributed by atoms with Crippen molar-refractivity contribution in [2.75, 3.05) is 59.0 Å². The molecule has 0 amide bonds. The molecule has 0 bridgehead atoms. The Hall–Kier alpha value is -0.900. The lowest BCUT2D eigenvalue weighted by Crippen LogP contribution is -2.48. The van der Waals surface area contributed by atoms with Crippen LogP contribution in [0.4, 0.5) is 0 Å². The fourth-order valence-corrected chi connectivity index (χ4v) is 3.90. The van der Waals surface area contributed by atoms with Crippen molar-refractivity contribution >= 4 is 29.9 Å². The van der Waals surface area contributed by atoms with Crippen LogP contribution >= 0.6 is 24.0 Å². The second-order valence-electron chi connectivity index (χ2n) is 7.75. The van der Waals surface area contributed by atoms with Crippen LogP contribution in [0.3, 0.4) is 0 Å². The van der Waals surface area contributed by atoms with Gasteiger partial charge in [0.1, 0.15) is 0 Å². The molecule has 2 heterocycles. The van der Waals surface area contributed by atoms with Crippen molar-refractivity contribution in [1.29, 1.82) is 0 Å². The van der Waals surface area contributed by atoms with E-state index in [-0.39, 0.29) is 24.0 Å². The average Bonchev–Trinajstić information content (AvgIpc) is 2.74. The minimum absolute atomic E-state index is 0. The van der Waals surface area contributed by atoms with Crippen LogP contribution in [0.2, 0.25) is 0 Å². The van der Waals surface area contributed by atoms with Crippen molar-refractivity contribution in [2.45, 2.75) is 38.8 Å². The molecule has 2 saturated heterocycles. The molecule has 7 heteroatoms. The number of piperidine rings is 1. The molecule has 164 valence electrons. The third kappa shape index (κ3) is 9.19. The molecule has 0 atom stereocenters. The zero-order chi connectivity index (χ0) is 19.4. The van der Waals surface area contributed by atoms with Gasteiger partial charge in [-0.3, -0.25) is 14.8 Å². The largest absolute Gasteiger partial charge is 0.379 e. The number of hydrogen-bond acceptors (Lipinski definition) is 4. The maximum absolute atomic E-state index is 5.41. The summed E-state index contributed by atoms with van der Waals surface area (Å²) in [7, 11) is 0. The lowest BCUT2D eigenvalue weighted by molar-refractivity contribution is 0.0377. The van der Waals surface area contributed by atoms with Crippen molar-refractivity contribution in [1.82, 2.24) is 20.4 Å². The predicted molar refractivity (Wildman–Crippen MR) is 131 cm³/mol. The summed E-state index contributed by atoms with van der Waals surface area (Å²) < 4.78 is 5.41. The highest BCUT2D eigenvalue weighted by Gasteiger charge is 2.20. The van der Waals surface area contributed by atoms with E-state index in [0.29, 0.717) is 6.04 Å². The molecule has 0 aromatic heterocycles. The molecule has 2 fully saturated rings. The topological polar surface area (TPSA) is 52.1 Å². The number of morpholine rings is 1. The van der Waals surface area contributed by atoms with Gasteiger partial charge in [-0.25, -0.2) is 0 Å². The molecule has 2 aliphatic heterocycles. The summed E-state index contributed by atoms with van der Waals surface area (Å²) in [6, 6.07) is 11.3. The average molecular weight is 515 g/mol. The van der Waals surface area contributed by atoms with Crippen LogP contribution in [0.25, 0.3) is 0 Å². The van der Waals surface area contributed by atoms with Gasteiger partial charge >= 0.3 is 0 Å². The number of guanidine groups is 1. The Morgan fingerprint density at radius 1 is 1.07 bits per heavy atom. The van der Waals surface area contributed by atoms with E-state index < -0.39 is 0 Å². The van der Waals surface area contributed by atoms with Gasteiger partial charge in [0, 0.05) is 58.4 Å². The number of hydrogen-bond donors (Lipinski definition) is 2. The number of rotatable bonds is 8. The van der Waals surface area contributed by atoms with Crippen molar-refractivity contribution in [3.63, 3.8) is 0 Å². The summed E-state index contributed by atoms with van der Waals surface area (Å²) in [4.78, 5) is 9.83. The minimum Gasteiger partial charge on any atom is -0.379 e. The van der Waals surface area contributed by atoms with Crippen LogP contribution in [0, 0.1) is 0 Å². The number of nitrogens with one attached hydrogen (secondary N) is 2. The van der Waals surface area contributed by atoms with Gasteiger partial charge in [0.25, 0.3) is 0 Å². The minimum atomic E-state index is 0. The predicted octanol–water partition coefficient (Wildman–Crippen LogP) is 2.55. The Morgan fingerprint density at radius 2 is 1.79 bits per heavy atom. The molecule has 0 saturated carbocycles. The highest BCUT2D eigenvalue weighted by Crippen LogP contribution is 2.13. The summed E-state index contributed by atoms with van der Waals surface area (Å²) in [5.74, 6) is 0.978. The van der Waals surface area contributed by atoms with E-state index >= 15 is 0 Å². The first kappa shape index (κ1) is 24.4. The van der Waals surface area contributed by atoms with E-state index in [2.05, 4.69) is 57.7 Å². The van der Waals surface area contributed by atoms with Gasteiger partial charge < -0.3 is 15.4 Å².